The van der Waals surface area contributed by atoms with Crippen LogP contribution in [0.4, 0.5) is 41.0 Å². The molecule has 16 heteroatoms. The lowest BCUT2D eigenvalue weighted by Crippen LogP contribution is -2.46. The summed E-state index contributed by atoms with van der Waals surface area (Å²) in [4.78, 5) is 28.8. The SMILES string of the molecule is Nc1nc(Nc2ccc(C3CCC(N4CCOCC4)CC3)cc2)nn1-c1ncc(F)c(N2CCC[C@@H]2C(=O)NCC(F)(F)F)n1.[HH].[HH].[HH].[HH].[HH].[HH].[HH]. The minimum atomic E-state index is -4.56. The van der Waals surface area contributed by atoms with Crippen LogP contribution in [-0.2, 0) is 9.53 Å². The van der Waals surface area contributed by atoms with E-state index in [0.717, 1.165) is 55.7 Å². The second kappa shape index (κ2) is 13.1. The average molecular weight is 647 g/mol. The number of carbonyl (C=O) groups excluding carboxylic acids is 1. The highest BCUT2D eigenvalue weighted by Gasteiger charge is 2.36. The molecule has 1 aliphatic carbocycles. The lowest BCUT2D eigenvalue weighted by molar-refractivity contribution is -0.139. The van der Waals surface area contributed by atoms with Gasteiger partial charge < -0.3 is 26.0 Å². The molecule has 45 heavy (non-hydrogen) atoms. The number of carbonyl (C=O) groups is 1. The molecule has 0 spiro atoms. The Balaban J connectivity index is 0. The highest BCUT2D eigenvalue weighted by atomic mass is 19.4. The highest BCUT2D eigenvalue weighted by molar-refractivity contribution is 5.85. The number of morpholine rings is 1. The summed E-state index contributed by atoms with van der Waals surface area (Å²) in [6.45, 7) is 2.43. The third-order valence-electron chi connectivity index (χ3n) is 8.72. The van der Waals surface area contributed by atoms with Crippen molar-refractivity contribution in [3.63, 3.8) is 0 Å². The van der Waals surface area contributed by atoms with E-state index in [2.05, 4.69) is 42.4 Å². The van der Waals surface area contributed by atoms with Crippen molar-refractivity contribution in [1.29, 1.82) is 0 Å². The lowest BCUT2D eigenvalue weighted by Gasteiger charge is -2.38. The molecule has 2 saturated heterocycles. The minimum Gasteiger partial charge on any atom is -0.379 e. The van der Waals surface area contributed by atoms with E-state index in [-0.39, 0.29) is 46.6 Å². The van der Waals surface area contributed by atoms with Crippen molar-refractivity contribution in [2.75, 3.05) is 55.3 Å². The zero-order chi connectivity index (χ0) is 31.6. The van der Waals surface area contributed by atoms with Gasteiger partial charge >= 0.3 is 6.18 Å². The van der Waals surface area contributed by atoms with Gasteiger partial charge in [-0.25, -0.2) is 9.37 Å². The maximum Gasteiger partial charge on any atom is 0.405 e. The Hall–Kier alpha value is -4.05. The number of nitrogens with two attached hydrogens (primary N) is 1. The molecule has 4 N–H and O–H groups in total. The third kappa shape index (κ3) is 7.27. The van der Waals surface area contributed by atoms with Crippen molar-refractivity contribution in [3.8, 4) is 5.95 Å². The standard InChI is InChI=1S/C29H36F4N10O2.7H2/c30-22-16-35-28(38-24(22)42-11-1-2-23(42)25(44)36-17-29(31,32)33)43-26(34)39-27(40-43)37-20-7-3-18(4-8-20)19-5-9-21(10-6-19)41-12-14-45-15-13-41;;;;;;;/h3-4,7-8,16,19,21,23H,1-2,5-6,9-15,17H2,(H,36,44)(H3,34,37,39,40);7*1H/t19?,21?,23-;;;;;;;/m1......./s1. The van der Waals surface area contributed by atoms with Crippen molar-refractivity contribution >= 4 is 29.3 Å². The van der Waals surface area contributed by atoms with Crippen LogP contribution in [0.15, 0.2) is 30.5 Å². The van der Waals surface area contributed by atoms with E-state index in [1.54, 1.807) is 0 Å². The van der Waals surface area contributed by atoms with Crippen molar-refractivity contribution < 1.29 is 37.1 Å². The molecule has 1 aromatic carbocycles. The topological polar surface area (TPSA) is 139 Å². The monoisotopic (exact) mass is 646 g/mol. The second-order valence-corrected chi connectivity index (χ2v) is 11.6. The van der Waals surface area contributed by atoms with Crippen LogP contribution in [0.1, 0.15) is 60.0 Å². The Bertz CT molecular complexity index is 1500. The van der Waals surface area contributed by atoms with Crippen LogP contribution >= 0.6 is 0 Å². The zero-order valence-electron chi connectivity index (χ0n) is 24.6. The van der Waals surface area contributed by atoms with E-state index in [9.17, 15) is 22.4 Å². The van der Waals surface area contributed by atoms with Gasteiger partial charge in [0.05, 0.1) is 19.4 Å². The predicted molar refractivity (Wildman–Crippen MR) is 173 cm³/mol. The van der Waals surface area contributed by atoms with Gasteiger partial charge in [0.1, 0.15) is 12.6 Å². The third-order valence-corrected chi connectivity index (χ3v) is 8.72. The minimum absolute atomic E-state index is 0. The van der Waals surface area contributed by atoms with Crippen LogP contribution in [0.25, 0.3) is 5.95 Å². The molecule has 1 amide bonds. The van der Waals surface area contributed by atoms with E-state index in [0.29, 0.717) is 18.4 Å². The number of nitrogen functional groups attached to an aromatic ring is 1. The number of alkyl halides is 3. The summed E-state index contributed by atoms with van der Waals surface area (Å²) in [5, 5.41) is 9.32. The van der Waals surface area contributed by atoms with Crippen molar-refractivity contribution in [2.45, 2.75) is 62.7 Å². The number of rotatable bonds is 8. The van der Waals surface area contributed by atoms with Gasteiger partial charge in [0.2, 0.25) is 17.8 Å². The molecule has 6 rings (SSSR count). The summed E-state index contributed by atoms with van der Waals surface area (Å²) < 4.78 is 59.3. The summed E-state index contributed by atoms with van der Waals surface area (Å²) in [5.41, 5.74) is 8.14. The molecule has 0 radical (unpaired) electrons. The Morgan fingerprint density at radius 3 is 2.49 bits per heavy atom. The molecular formula is C29H50F4N10O2. The predicted octanol–water partition coefficient (Wildman–Crippen LogP) is 5.25. The largest absolute Gasteiger partial charge is 0.405 e. The number of nitrogens with zero attached hydrogens (tertiary/aromatic N) is 7. The molecule has 256 valence electrons. The fourth-order valence-electron chi connectivity index (χ4n) is 6.46. The molecule has 0 bridgehead atoms. The number of ether oxygens (including phenoxy) is 1. The van der Waals surface area contributed by atoms with Gasteiger partial charge in [0, 0.05) is 41.3 Å². The van der Waals surface area contributed by atoms with Gasteiger partial charge in [0.15, 0.2) is 11.6 Å². The number of amides is 1. The van der Waals surface area contributed by atoms with Gasteiger partial charge in [-0.05, 0) is 62.1 Å². The molecule has 3 aliphatic rings. The summed E-state index contributed by atoms with van der Waals surface area (Å²) in [5.74, 6) is -1.41. The van der Waals surface area contributed by atoms with E-state index in [4.69, 9.17) is 10.5 Å². The van der Waals surface area contributed by atoms with E-state index in [1.165, 1.54) is 23.3 Å². The van der Waals surface area contributed by atoms with Crippen molar-refractivity contribution in [2.24, 2.45) is 0 Å². The van der Waals surface area contributed by atoms with E-state index < -0.39 is 30.5 Å². The molecule has 2 aliphatic heterocycles. The van der Waals surface area contributed by atoms with Crippen LogP contribution in [0.5, 0.6) is 0 Å². The summed E-state index contributed by atoms with van der Waals surface area (Å²) in [7, 11) is 0. The van der Waals surface area contributed by atoms with Crippen LogP contribution in [0.2, 0.25) is 0 Å². The van der Waals surface area contributed by atoms with Crippen LogP contribution in [-0.4, -0.2) is 93.2 Å². The van der Waals surface area contributed by atoms with Crippen LogP contribution in [0, 0.1) is 5.82 Å². The molecular weight excluding hydrogens is 596 g/mol. The van der Waals surface area contributed by atoms with E-state index >= 15 is 0 Å². The molecule has 1 saturated carbocycles. The fraction of sp³-hybridized carbons (Fsp3) is 0.552. The molecule has 2 aromatic heterocycles. The molecule has 0 unspecified atom stereocenters. The first kappa shape index (κ1) is 31.0. The number of hydrogen-bond donors (Lipinski definition) is 3. The summed E-state index contributed by atoms with van der Waals surface area (Å²) >= 11 is 0. The molecule has 1 atom stereocenters. The highest BCUT2D eigenvalue weighted by Crippen LogP contribution is 2.36. The van der Waals surface area contributed by atoms with Gasteiger partial charge in [-0.3, -0.25) is 9.69 Å². The normalized spacial score (nSPS) is 22.8. The first-order valence-corrected chi connectivity index (χ1v) is 15.2. The van der Waals surface area contributed by atoms with Gasteiger partial charge in [-0.1, -0.05) is 12.1 Å². The van der Waals surface area contributed by atoms with Gasteiger partial charge in [-0.15, -0.1) is 5.10 Å². The molecule has 3 fully saturated rings. The van der Waals surface area contributed by atoms with Crippen molar-refractivity contribution in [3.05, 3.63) is 41.8 Å². The smallest absolute Gasteiger partial charge is 0.379 e. The van der Waals surface area contributed by atoms with Crippen LogP contribution < -0.4 is 21.3 Å². The van der Waals surface area contributed by atoms with Gasteiger partial charge in [-0.2, -0.15) is 27.8 Å². The Labute approximate surface area is 267 Å². The molecule has 4 heterocycles. The van der Waals surface area contributed by atoms with Crippen molar-refractivity contribution in [1.82, 2.24) is 34.9 Å². The first-order valence-electron chi connectivity index (χ1n) is 15.2. The fourth-order valence-corrected chi connectivity index (χ4v) is 6.46. The Kier molecular flexibility index (Phi) is 9.03. The molecule has 3 aromatic rings. The Morgan fingerprint density at radius 1 is 1.04 bits per heavy atom. The lowest BCUT2D eigenvalue weighted by atomic mass is 9.81. The molecule has 12 nitrogen and oxygen atoms in total. The number of anilines is 4. The number of hydrogen-bond acceptors (Lipinski definition) is 10. The maximum absolute atomic E-state index is 14.8. The Morgan fingerprint density at radius 2 is 1.78 bits per heavy atom. The van der Waals surface area contributed by atoms with Crippen LogP contribution in [0.3, 0.4) is 0 Å². The average Bonchev–Trinajstić information content (AvgIpc) is 3.67. The van der Waals surface area contributed by atoms with Gasteiger partial charge in [0.25, 0.3) is 5.95 Å². The second-order valence-electron chi connectivity index (χ2n) is 11.6. The maximum atomic E-state index is 14.8. The number of halogens is 4. The number of benzene rings is 1. The number of nitrogens with one attached hydrogen (secondary N) is 2. The summed E-state index contributed by atoms with van der Waals surface area (Å²) in [6.07, 6.45) is 1.72. The number of aromatic nitrogens is 5. The summed E-state index contributed by atoms with van der Waals surface area (Å²) in [6, 6.07) is 7.76. The zero-order valence-corrected chi connectivity index (χ0v) is 24.6. The van der Waals surface area contributed by atoms with E-state index in [1.807, 2.05) is 17.4 Å². The quantitative estimate of drug-likeness (QED) is 0.278. The first-order chi connectivity index (χ1) is 21.6.